The van der Waals surface area contributed by atoms with Gasteiger partial charge in [-0.15, -0.1) is 0 Å². The van der Waals surface area contributed by atoms with Gasteiger partial charge in [-0.2, -0.15) is 120 Å². The number of thioether (sulfide) groups is 5. The van der Waals surface area contributed by atoms with Crippen molar-refractivity contribution in [3.8, 4) is 0 Å². The van der Waals surface area contributed by atoms with Crippen LogP contribution in [0.3, 0.4) is 0 Å². The molecule has 8 heterocycles. The van der Waals surface area contributed by atoms with E-state index < -0.39 is 0 Å². The van der Waals surface area contributed by atoms with E-state index in [0.717, 1.165) is 0 Å². The van der Waals surface area contributed by atoms with Gasteiger partial charge in [0.2, 0.25) is 106 Å². The molecule has 0 spiro atoms. The third kappa shape index (κ3) is 30.8. The number of nitrogen functional groups attached to an aromatic ring is 6. The van der Waals surface area contributed by atoms with E-state index in [2.05, 4.69) is 153 Å². The molecule has 0 radical (unpaired) electrons. The number of rotatable bonds is 27. The Kier molecular flexibility index (Phi) is 28.6. The fraction of sp³-hybridized carbons (Fsp3) is 0.294. The highest BCUT2D eigenvalue weighted by Gasteiger charge is 2.11. The summed E-state index contributed by atoms with van der Waals surface area (Å²) >= 11 is 62.1. The zero-order chi connectivity index (χ0) is 65.8. The molecule has 0 aromatic carbocycles. The molecule has 0 unspecified atom stereocenters. The lowest BCUT2D eigenvalue weighted by Crippen LogP contribution is -2.16. The molecule has 0 fully saturated rings. The largest absolute Gasteiger partial charge is 0.368 e. The van der Waals surface area contributed by atoms with Crippen LogP contribution in [0.1, 0.15) is 0 Å². The smallest absolute Gasteiger partial charge is 0.229 e. The molecule has 0 atom stereocenters. The lowest BCUT2D eigenvalue weighted by Gasteiger charge is -2.11. The summed E-state index contributed by atoms with van der Waals surface area (Å²) in [6, 6.07) is 0. The van der Waals surface area contributed by atoms with Crippen molar-refractivity contribution in [2.24, 2.45) is 11.5 Å². The second kappa shape index (κ2) is 38.8. The molecule has 35 nitrogen and oxygen atoms in total. The molecule has 8 aromatic rings. The number of nitrogens with one attached hydrogen (secondary N) is 3. The summed E-state index contributed by atoms with van der Waals surface area (Å²) in [5, 5.41) is 11.5. The number of hydrogen-bond acceptors (Lipinski definition) is 40. The average Bonchev–Trinajstić information content (AvgIpc) is 3.68. The van der Waals surface area contributed by atoms with Gasteiger partial charge in [0.05, 0.1) is 0 Å². The van der Waals surface area contributed by atoms with E-state index in [1.807, 2.05) is 17.2 Å². The van der Waals surface area contributed by atoms with E-state index in [4.69, 9.17) is 136 Å². The van der Waals surface area contributed by atoms with Crippen LogP contribution in [-0.2, 0) is 0 Å². The molecule has 0 aliphatic carbocycles. The molecule has 0 saturated carbocycles. The summed E-state index contributed by atoms with van der Waals surface area (Å²) in [6.45, 7) is 2.39. The Morgan fingerprint density at radius 3 is 0.667 bits per heavy atom. The first-order valence-corrected chi connectivity index (χ1v) is 30.4. The standard InChI is InChI=1S/C18H21Cl3N18S3.2C5H8ClN5S.C3Cl3N3.C3H2Cl2N4/c19-7-28-10(22)34-16(31-7)40-4-1-25-13-37-14(26-2-5-41-17-32-8(20)29-11(23)35-17)39-15(38-13)27-3-6-42-18-33-9(21)30-12(24)36-18;2*6-3-9-4(8)11-5(10-3)12-2-1-7;2*4-1-7-2(5)9-3(6)8-1/h1-6H2,(H2,22,28,31,34)(H2,23,29,32,35)(H2,24,30,33,36)(H3,25,26,27,37,38,39);2*1-2,7H2,(H2,8,9,10,11);;(H2,6,7,8,9)/i/hD6. The molecule has 450 valence electrons. The lowest BCUT2D eigenvalue weighted by atomic mass is 10.6. The number of aromatic nitrogens is 24. The molecule has 84 heavy (non-hydrogen) atoms. The maximum absolute atomic E-state index is 7.19. The van der Waals surface area contributed by atoms with Gasteiger partial charge in [-0.3, -0.25) is 0 Å². The number of anilines is 9. The van der Waals surface area contributed by atoms with Gasteiger partial charge in [0.15, 0.2) is 34.3 Å². The van der Waals surface area contributed by atoms with E-state index >= 15 is 0 Å². The first-order valence-electron chi connectivity index (χ1n) is 24.7. The molecule has 0 aliphatic heterocycles. The van der Waals surface area contributed by atoms with E-state index in [9.17, 15) is 0 Å². The van der Waals surface area contributed by atoms with Gasteiger partial charge in [0.25, 0.3) is 0 Å². The highest BCUT2D eigenvalue weighted by Crippen LogP contribution is 2.20. The third-order valence-electron chi connectivity index (χ3n) is 7.25. The van der Waals surface area contributed by atoms with Gasteiger partial charge in [-0.1, -0.05) is 58.8 Å². The van der Waals surface area contributed by atoms with Crippen LogP contribution in [-0.4, -0.2) is 181 Å². The van der Waals surface area contributed by atoms with Crippen molar-refractivity contribution in [2.45, 2.75) is 25.8 Å². The molecule has 8 rings (SSSR count). The van der Waals surface area contributed by atoms with Crippen molar-refractivity contribution in [3.05, 3.63) is 52.8 Å². The van der Waals surface area contributed by atoms with Crippen LogP contribution in [0.15, 0.2) is 25.8 Å². The quantitative estimate of drug-likeness (QED) is 0.0246. The van der Waals surface area contributed by atoms with Crippen LogP contribution in [0, 0.1) is 0 Å². The van der Waals surface area contributed by atoms with Gasteiger partial charge in [-0.05, 0) is 116 Å². The third-order valence-corrected chi connectivity index (χ3v) is 13.3. The van der Waals surface area contributed by atoms with E-state index in [1.165, 1.54) is 58.8 Å². The first-order chi connectivity index (χ1) is 43.2. The summed E-state index contributed by atoms with van der Waals surface area (Å²) in [5.41, 5.74) is 22.9. The Morgan fingerprint density at radius 2 is 0.452 bits per heavy atom. The second-order valence-corrected chi connectivity index (χ2v) is 22.0. The Labute approximate surface area is 554 Å². The van der Waals surface area contributed by atoms with Gasteiger partial charge in [0.1, 0.15) is 0 Å². The first kappa shape index (κ1) is 61.9. The molecule has 0 amide bonds. The topological polar surface area (TPSA) is 554 Å². The fourth-order valence-corrected chi connectivity index (χ4v) is 9.74. The predicted octanol–water partition coefficient (Wildman–Crippen LogP) is 4.65. The van der Waals surface area contributed by atoms with E-state index in [1.54, 1.807) is 0 Å². The van der Waals surface area contributed by atoms with Crippen molar-refractivity contribution in [1.29, 1.82) is 0 Å². The highest BCUT2D eigenvalue weighted by molar-refractivity contribution is 8.00. The van der Waals surface area contributed by atoms with Crippen LogP contribution >= 0.6 is 175 Å². The number of nitrogens with zero attached hydrogens (tertiary/aromatic N) is 24. The predicted molar refractivity (Wildman–Crippen MR) is 332 cm³/mol. The van der Waals surface area contributed by atoms with Crippen LogP contribution in [0.4, 0.5) is 53.5 Å². The summed E-state index contributed by atoms with van der Waals surface area (Å²) in [7, 11) is 0. The lowest BCUT2D eigenvalue weighted by molar-refractivity contribution is 0.914. The van der Waals surface area contributed by atoms with Gasteiger partial charge in [0, 0.05) is 61.5 Å². The highest BCUT2D eigenvalue weighted by atomic mass is 35.5. The zero-order valence-corrected chi connectivity index (χ0v) is 52.9. The average molecular weight is 1460 g/mol. The fourth-order valence-electron chi connectivity index (χ4n) is 4.44. The Bertz CT molecular complexity index is 3170. The minimum Gasteiger partial charge on any atom is -0.368 e. The molecule has 19 N–H and O–H groups in total. The summed E-state index contributed by atoms with van der Waals surface area (Å²) in [5.74, 6) is 4.36. The van der Waals surface area contributed by atoms with Crippen molar-refractivity contribution >= 4 is 228 Å². The molecule has 0 bridgehead atoms. The van der Waals surface area contributed by atoms with Gasteiger partial charge >= 0.3 is 0 Å². The Hall–Kier alpha value is -5.15. The molecular formula is C34H39Cl10N35S5. The monoisotopic (exact) mass is 1450 g/mol. The van der Waals surface area contributed by atoms with Crippen molar-refractivity contribution < 1.29 is 8.47 Å². The summed E-state index contributed by atoms with van der Waals surface area (Å²) in [4.78, 5) is 92.7. The van der Waals surface area contributed by atoms with Crippen LogP contribution in [0.2, 0.25) is 61.3 Å². The molecule has 0 saturated heterocycles. The maximum Gasteiger partial charge on any atom is 0.229 e. The minimum atomic E-state index is -0.0326. The van der Waals surface area contributed by atoms with E-state index in [-0.39, 0.29) is 88.5 Å². The SMILES string of the molecule is Clc1nc(Cl)nc(Cl)n1.[2H]Nc1nc(Cl)nc(Cl)n1.[2H]Nc1nc(Cl)nc(SCCN)n1.[2H]Nc1nc(Cl)nc(SCCN)n1.[2H]Nc1nc(Cl)nc(SCCNc2nc(NCCSc3nc(Cl)nc(N[2H])n3)nc(NCCSc3nc(Cl)nc(N[2H])n3)n2)n1. The number of hydrogen-bond donors (Lipinski definition) is 11. The second-order valence-electron chi connectivity index (χ2n) is 13.3. The Morgan fingerprint density at radius 1 is 0.262 bits per heavy atom. The van der Waals surface area contributed by atoms with Crippen LogP contribution in [0.25, 0.3) is 0 Å². The summed E-state index contributed by atoms with van der Waals surface area (Å²) in [6.07, 6.45) is 0. The minimum absolute atomic E-state index is 0.000000000000000444. The summed E-state index contributed by atoms with van der Waals surface area (Å²) < 4.78 is 41.8. The normalized spacial score (nSPS) is 11.1. The van der Waals surface area contributed by atoms with Crippen molar-refractivity contribution in [2.75, 3.05) is 112 Å². The van der Waals surface area contributed by atoms with Gasteiger partial charge in [-0.25, -0.2) is 0 Å². The zero-order valence-electron chi connectivity index (χ0n) is 47.3. The van der Waals surface area contributed by atoms with Crippen LogP contribution in [0.5, 0.6) is 0 Å². The van der Waals surface area contributed by atoms with Crippen LogP contribution < -0.4 is 61.8 Å². The number of nitrogens with two attached hydrogens (primary N) is 8. The maximum atomic E-state index is 7.19. The van der Waals surface area contributed by atoms with Crippen molar-refractivity contribution in [3.63, 3.8) is 0 Å². The molecular weight excluding hydrogens is 1410 g/mol. The van der Waals surface area contributed by atoms with Gasteiger partial charge < -0.3 is 61.8 Å². The number of halogens is 10. The van der Waals surface area contributed by atoms with E-state index in [0.29, 0.717) is 105 Å². The molecule has 8 aromatic heterocycles. The Balaban J connectivity index is 0.000000305. The van der Waals surface area contributed by atoms with Crippen molar-refractivity contribution in [1.82, 2.24) is 120 Å². The molecule has 0 aliphatic rings. The molecule has 50 heteroatoms.